The van der Waals surface area contributed by atoms with Crippen molar-refractivity contribution in [1.29, 1.82) is 0 Å². The Balaban J connectivity index is 1.23. The molecule has 5 rings (SSSR count). The van der Waals surface area contributed by atoms with Crippen LogP contribution >= 0.6 is 0 Å². The number of aliphatic carboxylic acids is 1. The van der Waals surface area contributed by atoms with E-state index in [1.165, 1.54) is 0 Å². The van der Waals surface area contributed by atoms with Crippen molar-refractivity contribution < 1.29 is 24.2 Å². The third kappa shape index (κ3) is 4.28. The smallest absolute Gasteiger partial charge is 0.407 e. The maximum atomic E-state index is 13.1. The number of benzene rings is 2. The molecule has 0 aromatic heterocycles. The molecule has 2 amide bonds. The number of carboxylic acids is 1. The highest BCUT2D eigenvalue weighted by Gasteiger charge is 2.52. The maximum absolute atomic E-state index is 13.1. The van der Waals surface area contributed by atoms with E-state index in [9.17, 15) is 19.5 Å². The van der Waals surface area contributed by atoms with Crippen LogP contribution in [0.25, 0.3) is 11.1 Å². The van der Waals surface area contributed by atoms with E-state index >= 15 is 0 Å². The predicted molar refractivity (Wildman–Crippen MR) is 131 cm³/mol. The Morgan fingerprint density at radius 1 is 0.971 bits per heavy atom. The average molecular weight is 477 g/mol. The first-order chi connectivity index (χ1) is 16.8. The maximum Gasteiger partial charge on any atom is 0.407 e. The first-order valence-electron chi connectivity index (χ1n) is 12.5. The summed E-state index contributed by atoms with van der Waals surface area (Å²) >= 11 is 0. The van der Waals surface area contributed by atoms with Crippen molar-refractivity contribution in [2.45, 2.75) is 51.1 Å². The van der Waals surface area contributed by atoms with E-state index in [0.29, 0.717) is 0 Å². The fraction of sp³-hybridized carbons (Fsp3) is 0.464. The predicted octanol–water partition coefficient (Wildman–Crippen LogP) is 4.17. The second-order valence-electron chi connectivity index (χ2n) is 10.4. The molecule has 3 N–H and O–H groups in total. The van der Waals surface area contributed by atoms with Gasteiger partial charge in [-0.2, -0.15) is 0 Å². The summed E-state index contributed by atoms with van der Waals surface area (Å²) in [6.45, 7) is 3.87. The van der Waals surface area contributed by atoms with Crippen LogP contribution in [0.2, 0.25) is 0 Å². The Bertz CT molecular complexity index is 1100. The van der Waals surface area contributed by atoms with Crippen LogP contribution in [0, 0.1) is 23.7 Å². The van der Waals surface area contributed by atoms with E-state index < -0.39 is 24.0 Å². The van der Waals surface area contributed by atoms with Gasteiger partial charge in [-0.1, -0.05) is 62.4 Å². The van der Waals surface area contributed by atoms with E-state index in [1.807, 2.05) is 38.1 Å². The van der Waals surface area contributed by atoms with E-state index in [-0.39, 0.29) is 42.2 Å². The van der Waals surface area contributed by atoms with Gasteiger partial charge in [0.25, 0.3) is 0 Å². The number of nitrogens with one attached hydrogen (secondary N) is 2. The summed E-state index contributed by atoms with van der Waals surface area (Å²) < 4.78 is 5.63. The summed E-state index contributed by atoms with van der Waals surface area (Å²) in [6, 6.07) is 15.0. The zero-order chi connectivity index (χ0) is 24.7. The molecule has 3 aliphatic carbocycles. The molecular formula is C28H32N2O5. The second-order valence-corrected chi connectivity index (χ2v) is 10.4. The Kier molecular flexibility index (Phi) is 6.26. The zero-order valence-electron chi connectivity index (χ0n) is 20.1. The van der Waals surface area contributed by atoms with Crippen LogP contribution in [0.5, 0.6) is 0 Å². The van der Waals surface area contributed by atoms with Gasteiger partial charge in [0.15, 0.2) is 0 Å². The van der Waals surface area contributed by atoms with Gasteiger partial charge in [-0.25, -0.2) is 4.79 Å². The summed E-state index contributed by atoms with van der Waals surface area (Å²) in [5, 5.41) is 15.4. The monoisotopic (exact) mass is 476 g/mol. The summed E-state index contributed by atoms with van der Waals surface area (Å²) in [4.78, 5) is 37.7. The molecule has 4 unspecified atom stereocenters. The third-order valence-corrected chi connectivity index (χ3v) is 8.08. The highest BCUT2D eigenvalue weighted by Crippen LogP contribution is 2.48. The van der Waals surface area contributed by atoms with E-state index in [2.05, 4.69) is 34.9 Å². The Labute approximate surface area is 205 Å². The van der Waals surface area contributed by atoms with Crippen molar-refractivity contribution in [3.63, 3.8) is 0 Å². The topological polar surface area (TPSA) is 105 Å². The first kappa shape index (κ1) is 23.4. The number of carbonyl (C=O) groups excluding carboxylic acids is 2. The molecule has 2 aromatic carbocycles. The minimum Gasteiger partial charge on any atom is -0.481 e. The van der Waals surface area contributed by atoms with Crippen LogP contribution in [0.3, 0.4) is 0 Å². The van der Waals surface area contributed by atoms with E-state index in [4.69, 9.17) is 4.74 Å². The number of ether oxygens (including phenoxy) is 1. The number of hydrogen-bond acceptors (Lipinski definition) is 4. The van der Waals surface area contributed by atoms with Gasteiger partial charge < -0.3 is 20.5 Å². The van der Waals surface area contributed by atoms with Gasteiger partial charge in [0, 0.05) is 12.0 Å². The number of alkyl carbamates (subject to hydrolysis) is 1. The SMILES string of the molecule is CC(C)[C@H](NC(=O)OCC1c2ccccc2-c2ccccc21)C(=O)NC1C2CCC(C2)C1C(=O)O. The number of carbonyl (C=O) groups is 3. The van der Waals surface area contributed by atoms with Gasteiger partial charge in [-0.05, 0) is 59.3 Å². The zero-order valence-corrected chi connectivity index (χ0v) is 20.1. The summed E-state index contributed by atoms with van der Waals surface area (Å²) in [7, 11) is 0. The largest absolute Gasteiger partial charge is 0.481 e. The molecule has 3 aliphatic rings. The molecule has 0 spiro atoms. The average Bonchev–Trinajstić information content (AvgIpc) is 3.53. The molecule has 2 saturated carbocycles. The summed E-state index contributed by atoms with van der Waals surface area (Å²) in [6.07, 6.45) is 2.03. The lowest BCUT2D eigenvalue weighted by atomic mass is 9.84. The molecule has 184 valence electrons. The van der Waals surface area contributed by atoms with Gasteiger partial charge in [0.1, 0.15) is 12.6 Å². The minimum atomic E-state index is -0.854. The normalized spacial score (nSPS) is 25.1. The van der Waals surface area contributed by atoms with Crippen molar-refractivity contribution >= 4 is 18.0 Å². The molecule has 7 heteroatoms. The van der Waals surface area contributed by atoms with Crippen molar-refractivity contribution in [3.8, 4) is 11.1 Å². The van der Waals surface area contributed by atoms with Crippen molar-refractivity contribution in [2.24, 2.45) is 23.7 Å². The first-order valence-corrected chi connectivity index (χ1v) is 12.5. The third-order valence-electron chi connectivity index (χ3n) is 8.08. The molecule has 0 aliphatic heterocycles. The fourth-order valence-corrected chi connectivity index (χ4v) is 6.41. The number of rotatable bonds is 7. The number of amides is 2. The summed E-state index contributed by atoms with van der Waals surface area (Å²) in [5.41, 5.74) is 4.54. The van der Waals surface area contributed by atoms with E-state index in [1.54, 1.807) is 0 Å². The standard InChI is InChI=1S/C28H32N2O5/c1-15(2)24(26(31)29-25-17-12-11-16(13-17)23(25)27(32)33)30-28(34)35-14-22-20-9-5-3-7-18(20)19-8-4-6-10-21(19)22/h3-10,15-17,22-25H,11-14H2,1-2H3,(H,29,31)(H,30,34)(H,32,33)/t16?,17?,23?,24-,25?/m0/s1. The molecule has 35 heavy (non-hydrogen) atoms. The Hall–Kier alpha value is -3.35. The van der Waals surface area contributed by atoms with Crippen molar-refractivity contribution in [1.82, 2.24) is 10.6 Å². The van der Waals surface area contributed by atoms with Gasteiger partial charge in [-0.15, -0.1) is 0 Å². The number of hydrogen-bond donors (Lipinski definition) is 3. The van der Waals surface area contributed by atoms with Gasteiger partial charge >= 0.3 is 12.1 Å². The van der Waals surface area contributed by atoms with Crippen molar-refractivity contribution in [2.75, 3.05) is 6.61 Å². The fourth-order valence-electron chi connectivity index (χ4n) is 6.41. The van der Waals surface area contributed by atoms with Crippen LogP contribution in [-0.2, 0) is 14.3 Å². The molecule has 0 saturated heterocycles. The van der Waals surface area contributed by atoms with Crippen molar-refractivity contribution in [3.05, 3.63) is 59.7 Å². The van der Waals surface area contributed by atoms with Crippen LogP contribution in [0.15, 0.2) is 48.5 Å². The van der Waals surface area contributed by atoms with Crippen LogP contribution < -0.4 is 10.6 Å². The van der Waals surface area contributed by atoms with Gasteiger partial charge in [0.2, 0.25) is 5.91 Å². The lowest BCUT2D eigenvalue weighted by Gasteiger charge is -2.31. The lowest BCUT2D eigenvalue weighted by molar-refractivity contribution is -0.144. The minimum absolute atomic E-state index is 0.0650. The Morgan fingerprint density at radius 2 is 1.57 bits per heavy atom. The highest BCUT2D eigenvalue weighted by molar-refractivity contribution is 5.87. The van der Waals surface area contributed by atoms with Crippen LogP contribution in [0.4, 0.5) is 4.79 Å². The van der Waals surface area contributed by atoms with Gasteiger partial charge in [-0.3, -0.25) is 9.59 Å². The quantitative estimate of drug-likeness (QED) is 0.557. The highest BCUT2D eigenvalue weighted by atomic mass is 16.5. The van der Waals surface area contributed by atoms with E-state index in [0.717, 1.165) is 41.5 Å². The molecule has 2 fully saturated rings. The molecule has 2 aromatic rings. The summed E-state index contributed by atoms with van der Waals surface area (Å²) in [5.74, 6) is -1.70. The number of carboxylic acid groups (broad SMARTS) is 1. The molecule has 0 heterocycles. The van der Waals surface area contributed by atoms with Crippen LogP contribution in [-0.4, -0.2) is 41.8 Å². The molecule has 0 radical (unpaired) electrons. The molecule has 7 nitrogen and oxygen atoms in total. The molecule has 2 bridgehead atoms. The Morgan fingerprint density at radius 3 is 2.17 bits per heavy atom. The second kappa shape index (κ2) is 9.36. The van der Waals surface area contributed by atoms with Crippen LogP contribution in [0.1, 0.15) is 50.2 Å². The lowest BCUT2D eigenvalue weighted by Crippen LogP contribution is -2.55. The number of fused-ring (bicyclic) bond motifs is 5. The molecule has 5 atom stereocenters. The van der Waals surface area contributed by atoms with Gasteiger partial charge in [0.05, 0.1) is 5.92 Å². The molecular weight excluding hydrogens is 444 g/mol.